The van der Waals surface area contributed by atoms with Crippen LogP contribution in [0.1, 0.15) is 29.1 Å². The Morgan fingerprint density at radius 3 is 2.91 bits per heavy atom. The molecule has 2 aromatic rings. The fourth-order valence-electron chi connectivity index (χ4n) is 3.49. The molecule has 2 fully saturated rings. The summed E-state index contributed by atoms with van der Waals surface area (Å²) in [7, 11) is 0. The summed E-state index contributed by atoms with van der Waals surface area (Å²) >= 11 is 1.19. The topological polar surface area (TPSA) is 55.3 Å². The second-order valence-electron chi connectivity index (χ2n) is 6.42. The molecule has 1 aromatic carbocycles. The van der Waals surface area contributed by atoms with Crippen LogP contribution < -0.4 is 0 Å². The van der Waals surface area contributed by atoms with Crippen LogP contribution in [0.5, 0.6) is 0 Å². The zero-order valence-electron chi connectivity index (χ0n) is 12.9. The summed E-state index contributed by atoms with van der Waals surface area (Å²) in [6.07, 6.45) is 3.28. The van der Waals surface area contributed by atoms with Crippen molar-refractivity contribution in [2.24, 2.45) is 5.41 Å². The Morgan fingerprint density at radius 2 is 2.13 bits per heavy atom. The standard InChI is InChI=1S/C17H19N3O2S/c21-16(20-9-8-17(11-20)7-4-10-22-12-17)15-18-14(19-23-15)13-5-2-1-3-6-13/h1-3,5-6H,4,7-12H2. The van der Waals surface area contributed by atoms with E-state index in [1.54, 1.807) is 0 Å². The molecular weight excluding hydrogens is 310 g/mol. The predicted molar refractivity (Wildman–Crippen MR) is 88.4 cm³/mol. The molecule has 0 bridgehead atoms. The van der Waals surface area contributed by atoms with E-state index >= 15 is 0 Å². The molecule has 2 saturated heterocycles. The zero-order chi connectivity index (χ0) is 15.7. The third-order valence-electron chi connectivity index (χ3n) is 4.77. The molecule has 5 nitrogen and oxygen atoms in total. The Bertz CT molecular complexity index is 695. The van der Waals surface area contributed by atoms with Crippen LogP contribution in [-0.4, -0.2) is 46.5 Å². The molecule has 2 aliphatic rings. The van der Waals surface area contributed by atoms with Gasteiger partial charge in [0.1, 0.15) is 0 Å². The summed E-state index contributed by atoms with van der Waals surface area (Å²) in [4.78, 5) is 19.1. The average molecular weight is 329 g/mol. The van der Waals surface area contributed by atoms with Gasteiger partial charge in [-0.2, -0.15) is 4.37 Å². The molecule has 4 rings (SSSR count). The van der Waals surface area contributed by atoms with Crippen molar-refractivity contribution >= 4 is 17.4 Å². The molecule has 120 valence electrons. The molecule has 23 heavy (non-hydrogen) atoms. The van der Waals surface area contributed by atoms with Gasteiger partial charge in [-0.3, -0.25) is 4.79 Å². The van der Waals surface area contributed by atoms with E-state index in [2.05, 4.69) is 9.36 Å². The Hall–Kier alpha value is -1.79. The molecule has 2 aliphatic heterocycles. The minimum atomic E-state index is 0.00660. The number of benzene rings is 1. The fourth-order valence-corrected chi connectivity index (χ4v) is 4.14. The lowest BCUT2D eigenvalue weighted by molar-refractivity contribution is -0.00160. The maximum Gasteiger partial charge on any atom is 0.284 e. The van der Waals surface area contributed by atoms with Crippen LogP contribution >= 0.6 is 11.5 Å². The molecule has 1 unspecified atom stereocenters. The summed E-state index contributed by atoms with van der Waals surface area (Å²) in [5.74, 6) is 0.640. The van der Waals surface area contributed by atoms with Gasteiger partial charge in [0.2, 0.25) is 5.01 Å². The van der Waals surface area contributed by atoms with Crippen LogP contribution in [-0.2, 0) is 4.74 Å². The average Bonchev–Trinajstić information content (AvgIpc) is 3.24. The maximum atomic E-state index is 12.7. The number of carbonyl (C=O) groups is 1. The first kappa shape index (κ1) is 14.8. The summed E-state index contributed by atoms with van der Waals surface area (Å²) in [6, 6.07) is 9.77. The first-order valence-corrected chi connectivity index (χ1v) is 8.79. The van der Waals surface area contributed by atoms with Gasteiger partial charge in [0, 0.05) is 30.7 Å². The molecule has 6 heteroatoms. The van der Waals surface area contributed by atoms with Crippen LogP contribution in [0.25, 0.3) is 11.4 Å². The monoisotopic (exact) mass is 329 g/mol. The van der Waals surface area contributed by atoms with Crippen molar-refractivity contribution in [2.75, 3.05) is 26.3 Å². The van der Waals surface area contributed by atoms with E-state index in [4.69, 9.17) is 4.74 Å². The molecule has 0 saturated carbocycles. The lowest BCUT2D eigenvalue weighted by Crippen LogP contribution is -2.37. The van der Waals surface area contributed by atoms with Gasteiger partial charge >= 0.3 is 0 Å². The van der Waals surface area contributed by atoms with Crippen molar-refractivity contribution in [3.05, 3.63) is 35.3 Å². The molecule has 3 heterocycles. The maximum absolute atomic E-state index is 12.7. The Morgan fingerprint density at radius 1 is 1.26 bits per heavy atom. The number of hydrogen-bond acceptors (Lipinski definition) is 5. The number of amides is 1. The van der Waals surface area contributed by atoms with Crippen LogP contribution in [0.2, 0.25) is 0 Å². The van der Waals surface area contributed by atoms with Crippen molar-refractivity contribution in [3.8, 4) is 11.4 Å². The van der Waals surface area contributed by atoms with Gasteiger partial charge in [-0.25, -0.2) is 4.98 Å². The highest BCUT2D eigenvalue weighted by Crippen LogP contribution is 2.38. The minimum absolute atomic E-state index is 0.00660. The highest BCUT2D eigenvalue weighted by atomic mass is 32.1. The molecule has 1 aromatic heterocycles. The fraction of sp³-hybridized carbons (Fsp3) is 0.471. The van der Waals surface area contributed by atoms with Gasteiger partial charge < -0.3 is 9.64 Å². The van der Waals surface area contributed by atoms with Crippen LogP contribution in [0.3, 0.4) is 0 Å². The highest BCUT2D eigenvalue weighted by Gasteiger charge is 2.42. The van der Waals surface area contributed by atoms with Crippen LogP contribution in [0.15, 0.2) is 30.3 Å². The summed E-state index contributed by atoms with van der Waals surface area (Å²) in [5, 5.41) is 0.484. The summed E-state index contributed by atoms with van der Waals surface area (Å²) in [5.41, 5.74) is 1.11. The van der Waals surface area contributed by atoms with Gasteiger partial charge in [-0.1, -0.05) is 30.3 Å². The number of ether oxygens (including phenoxy) is 1. The molecule has 0 aliphatic carbocycles. The summed E-state index contributed by atoms with van der Waals surface area (Å²) in [6.45, 7) is 3.21. The van der Waals surface area contributed by atoms with Gasteiger partial charge in [-0.15, -0.1) is 0 Å². The third-order valence-corrected chi connectivity index (χ3v) is 5.47. The van der Waals surface area contributed by atoms with E-state index in [1.807, 2.05) is 35.2 Å². The zero-order valence-corrected chi connectivity index (χ0v) is 13.7. The smallest absolute Gasteiger partial charge is 0.284 e. The van der Waals surface area contributed by atoms with Crippen molar-refractivity contribution in [1.82, 2.24) is 14.3 Å². The van der Waals surface area contributed by atoms with Crippen LogP contribution in [0.4, 0.5) is 0 Å². The number of aromatic nitrogens is 2. The second-order valence-corrected chi connectivity index (χ2v) is 7.17. The van der Waals surface area contributed by atoms with Gasteiger partial charge in [0.15, 0.2) is 5.82 Å². The first-order valence-electron chi connectivity index (χ1n) is 8.02. The lowest BCUT2D eigenvalue weighted by atomic mass is 9.82. The Labute approximate surface area is 139 Å². The molecule has 1 atom stereocenters. The number of likely N-dealkylation sites (tertiary alicyclic amines) is 1. The van der Waals surface area contributed by atoms with E-state index in [-0.39, 0.29) is 11.3 Å². The lowest BCUT2D eigenvalue weighted by Gasteiger charge is -2.32. The molecule has 1 spiro atoms. The van der Waals surface area contributed by atoms with Crippen molar-refractivity contribution in [1.29, 1.82) is 0 Å². The molecule has 0 N–H and O–H groups in total. The second kappa shape index (κ2) is 6.02. The minimum Gasteiger partial charge on any atom is -0.381 e. The van der Waals surface area contributed by atoms with E-state index in [0.29, 0.717) is 10.8 Å². The van der Waals surface area contributed by atoms with Crippen molar-refractivity contribution in [3.63, 3.8) is 0 Å². The SMILES string of the molecule is O=C(c1nc(-c2ccccc2)ns1)N1CCC2(CCCOC2)C1. The van der Waals surface area contributed by atoms with Gasteiger partial charge in [0.05, 0.1) is 6.61 Å². The normalized spacial score (nSPS) is 24.3. The molecule has 1 amide bonds. The highest BCUT2D eigenvalue weighted by molar-refractivity contribution is 7.07. The van der Waals surface area contributed by atoms with E-state index < -0.39 is 0 Å². The number of hydrogen-bond donors (Lipinski definition) is 0. The van der Waals surface area contributed by atoms with E-state index in [9.17, 15) is 4.79 Å². The number of rotatable bonds is 2. The molecular formula is C17H19N3O2S. The largest absolute Gasteiger partial charge is 0.381 e. The van der Waals surface area contributed by atoms with Crippen molar-refractivity contribution < 1.29 is 9.53 Å². The van der Waals surface area contributed by atoms with Gasteiger partial charge in [-0.05, 0) is 30.8 Å². The first-order chi connectivity index (χ1) is 11.3. The third kappa shape index (κ3) is 2.88. The summed E-state index contributed by atoms with van der Waals surface area (Å²) < 4.78 is 9.98. The number of nitrogens with zero attached hydrogens (tertiary/aromatic N) is 3. The molecule has 0 radical (unpaired) electrons. The van der Waals surface area contributed by atoms with Crippen molar-refractivity contribution in [2.45, 2.75) is 19.3 Å². The Balaban J connectivity index is 1.49. The van der Waals surface area contributed by atoms with Crippen LogP contribution in [0, 0.1) is 5.41 Å². The van der Waals surface area contributed by atoms with E-state index in [1.165, 1.54) is 11.5 Å². The predicted octanol–water partition coefficient (Wildman–Crippen LogP) is 2.85. The van der Waals surface area contributed by atoms with E-state index in [0.717, 1.165) is 51.1 Å². The van der Waals surface area contributed by atoms with Gasteiger partial charge in [0.25, 0.3) is 5.91 Å². The number of carbonyl (C=O) groups excluding carboxylic acids is 1. The quantitative estimate of drug-likeness (QED) is 0.850. The Kier molecular flexibility index (Phi) is 3.87.